The first kappa shape index (κ1) is 21.5. The van der Waals surface area contributed by atoms with E-state index in [4.69, 9.17) is 16.3 Å². The van der Waals surface area contributed by atoms with Gasteiger partial charge in [-0.15, -0.1) is 0 Å². The van der Waals surface area contributed by atoms with Crippen LogP contribution < -0.4 is 0 Å². The Morgan fingerprint density at radius 2 is 1.63 bits per heavy atom. The van der Waals surface area contributed by atoms with Crippen LogP contribution in [0.1, 0.15) is 46.1 Å². The summed E-state index contributed by atoms with van der Waals surface area (Å²) in [6.45, 7) is 10.3. The molecule has 0 aromatic heterocycles. The number of hydrogen-bond acceptors (Lipinski definition) is 4. The molecule has 1 saturated heterocycles. The van der Waals surface area contributed by atoms with E-state index in [2.05, 4.69) is 0 Å². The zero-order valence-corrected chi connectivity index (χ0v) is 17.4. The maximum atomic E-state index is 13.2. The highest BCUT2D eigenvalue weighted by Gasteiger charge is 2.39. The van der Waals surface area contributed by atoms with Gasteiger partial charge in [-0.3, -0.25) is 4.79 Å². The molecule has 2 rings (SSSR count). The second-order valence-corrected chi connectivity index (χ2v) is 8.87. The second kappa shape index (κ2) is 8.07. The Kier molecular flexibility index (Phi) is 6.43. The van der Waals surface area contributed by atoms with Crippen molar-refractivity contribution < 1.29 is 19.4 Å². The van der Waals surface area contributed by atoms with Crippen LogP contribution in [0.5, 0.6) is 0 Å². The number of nitrogens with zero attached hydrogens (tertiary/aromatic N) is 2. The minimum atomic E-state index is -1.25. The molecule has 1 aromatic rings. The fourth-order valence-corrected chi connectivity index (χ4v) is 3.36. The summed E-state index contributed by atoms with van der Waals surface area (Å²) in [7, 11) is 0. The molecule has 1 unspecified atom stereocenters. The van der Waals surface area contributed by atoms with Crippen LogP contribution in [-0.2, 0) is 9.53 Å². The quantitative estimate of drug-likeness (QED) is 0.851. The zero-order chi connectivity index (χ0) is 20.4. The fourth-order valence-electron chi connectivity index (χ4n) is 3.16. The molecule has 27 heavy (non-hydrogen) atoms. The second-order valence-electron chi connectivity index (χ2n) is 8.43. The Morgan fingerprint density at radius 3 is 2.11 bits per heavy atom. The third kappa shape index (κ3) is 5.84. The van der Waals surface area contributed by atoms with Crippen molar-refractivity contribution in [3.05, 3.63) is 34.9 Å². The maximum Gasteiger partial charge on any atom is 0.410 e. The molecule has 1 aromatic carbocycles. The maximum absolute atomic E-state index is 13.2. The molecular formula is C20H29ClN2O4. The third-order valence-electron chi connectivity index (χ3n) is 4.38. The molecule has 1 atom stereocenters. The van der Waals surface area contributed by atoms with Gasteiger partial charge in [-0.2, -0.15) is 0 Å². The van der Waals surface area contributed by atoms with Gasteiger partial charge in [0.25, 0.3) is 0 Å². The van der Waals surface area contributed by atoms with Crippen LogP contribution in [0, 0.1) is 0 Å². The number of hydrogen-bond donors (Lipinski definition) is 1. The number of rotatable bonds is 3. The minimum Gasteiger partial charge on any atom is -0.444 e. The van der Waals surface area contributed by atoms with Crippen molar-refractivity contribution in [2.75, 3.05) is 26.2 Å². The number of carbonyl (C=O) groups excluding carboxylic acids is 2. The summed E-state index contributed by atoms with van der Waals surface area (Å²) in [5, 5.41) is 11.1. The monoisotopic (exact) mass is 396 g/mol. The van der Waals surface area contributed by atoms with E-state index >= 15 is 0 Å². The summed E-state index contributed by atoms with van der Waals surface area (Å²) in [5.74, 6) is -0.905. The normalized spacial score (nSPS) is 16.9. The number of ether oxygens (including phenoxy) is 1. The van der Waals surface area contributed by atoms with Crippen molar-refractivity contribution >= 4 is 23.6 Å². The van der Waals surface area contributed by atoms with E-state index in [1.807, 2.05) is 20.8 Å². The summed E-state index contributed by atoms with van der Waals surface area (Å²) < 4.78 is 5.39. The molecule has 1 N–H and O–H groups in total. The first-order valence-corrected chi connectivity index (χ1v) is 9.51. The topological polar surface area (TPSA) is 70.1 Å². The van der Waals surface area contributed by atoms with Crippen LogP contribution in [0.25, 0.3) is 0 Å². The lowest BCUT2D eigenvalue weighted by Gasteiger charge is -2.39. The average Bonchev–Trinajstić information content (AvgIpc) is 2.52. The van der Waals surface area contributed by atoms with Crippen molar-refractivity contribution in [3.63, 3.8) is 0 Å². The van der Waals surface area contributed by atoms with Gasteiger partial charge in [-0.05, 0) is 52.3 Å². The third-order valence-corrected chi connectivity index (χ3v) is 4.61. The molecule has 2 amide bonds. The van der Waals surface area contributed by atoms with E-state index in [0.717, 1.165) is 0 Å². The lowest BCUT2D eigenvalue weighted by Crippen LogP contribution is -2.54. The Balaban J connectivity index is 2.09. The number of piperazine rings is 1. The Hall–Kier alpha value is -1.79. The first-order chi connectivity index (χ1) is 12.4. The Bertz CT molecular complexity index is 686. The Morgan fingerprint density at radius 1 is 1.07 bits per heavy atom. The van der Waals surface area contributed by atoms with E-state index in [1.54, 1.807) is 47.9 Å². The van der Waals surface area contributed by atoms with Gasteiger partial charge in [0.2, 0.25) is 5.91 Å². The van der Waals surface area contributed by atoms with Crippen LogP contribution in [0.15, 0.2) is 24.3 Å². The lowest BCUT2D eigenvalue weighted by molar-refractivity contribution is -0.140. The van der Waals surface area contributed by atoms with Crippen LogP contribution in [0.3, 0.4) is 0 Å². The standard InChI is InChI=1S/C20H29ClN2O4/c1-19(2,3)27-18(25)23-11-9-22(10-12-23)17(24)16(20(4,5)26)14-7-6-8-15(21)13-14/h6-8,13,16,26H,9-12H2,1-5H3. The highest BCUT2D eigenvalue weighted by Crippen LogP contribution is 2.32. The molecule has 0 saturated carbocycles. The molecule has 0 bridgehead atoms. The van der Waals surface area contributed by atoms with Crippen molar-refractivity contribution in [2.45, 2.75) is 51.7 Å². The van der Waals surface area contributed by atoms with Gasteiger partial charge in [-0.1, -0.05) is 23.7 Å². The van der Waals surface area contributed by atoms with Gasteiger partial charge in [0.15, 0.2) is 0 Å². The van der Waals surface area contributed by atoms with Gasteiger partial charge in [0.1, 0.15) is 5.60 Å². The highest BCUT2D eigenvalue weighted by molar-refractivity contribution is 6.30. The van der Waals surface area contributed by atoms with Gasteiger partial charge in [-0.25, -0.2) is 4.79 Å². The van der Waals surface area contributed by atoms with Crippen LogP contribution in [0.4, 0.5) is 4.79 Å². The van der Waals surface area contributed by atoms with E-state index in [0.29, 0.717) is 36.8 Å². The number of benzene rings is 1. The molecule has 1 aliphatic heterocycles. The van der Waals surface area contributed by atoms with E-state index < -0.39 is 17.1 Å². The first-order valence-electron chi connectivity index (χ1n) is 9.13. The molecule has 1 aliphatic rings. The zero-order valence-electron chi connectivity index (χ0n) is 16.7. The van der Waals surface area contributed by atoms with Crippen LogP contribution in [-0.4, -0.2) is 64.3 Å². The summed E-state index contributed by atoms with van der Waals surface area (Å²) in [4.78, 5) is 28.6. The number of halogens is 1. The summed E-state index contributed by atoms with van der Waals surface area (Å²) in [5.41, 5.74) is -1.12. The predicted molar refractivity (Wildman–Crippen MR) is 105 cm³/mol. The number of aliphatic hydroxyl groups is 1. The van der Waals surface area contributed by atoms with Gasteiger partial charge < -0.3 is 19.6 Å². The molecule has 0 spiro atoms. The van der Waals surface area contributed by atoms with E-state index in [-0.39, 0.29) is 12.0 Å². The molecule has 0 radical (unpaired) electrons. The molecular weight excluding hydrogens is 368 g/mol. The van der Waals surface area contributed by atoms with E-state index in [1.165, 1.54) is 0 Å². The molecule has 1 heterocycles. The number of carbonyl (C=O) groups is 2. The minimum absolute atomic E-state index is 0.173. The summed E-state index contributed by atoms with van der Waals surface area (Å²) in [6, 6.07) is 7.00. The van der Waals surface area contributed by atoms with Crippen molar-refractivity contribution in [2.24, 2.45) is 0 Å². The molecule has 1 fully saturated rings. The van der Waals surface area contributed by atoms with Crippen LogP contribution in [0.2, 0.25) is 5.02 Å². The molecule has 150 valence electrons. The van der Waals surface area contributed by atoms with Crippen LogP contribution >= 0.6 is 11.6 Å². The molecule has 7 heteroatoms. The van der Waals surface area contributed by atoms with Crippen molar-refractivity contribution in [1.29, 1.82) is 0 Å². The van der Waals surface area contributed by atoms with Crippen molar-refractivity contribution in [1.82, 2.24) is 9.80 Å². The summed E-state index contributed by atoms with van der Waals surface area (Å²) in [6.07, 6.45) is -0.372. The number of amides is 2. The summed E-state index contributed by atoms with van der Waals surface area (Å²) >= 11 is 6.07. The van der Waals surface area contributed by atoms with Gasteiger partial charge >= 0.3 is 6.09 Å². The predicted octanol–water partition coefficient (Wildman–Crippen LogP) is 3.27. The largest absolute Gasteiger partial charge is 0.444 e. The van der Waals surface area contributed by atoms with Gasteiger partial charge in [0.05, 0.1) is 11.5 Å². The SMILES string of the molecule is CC(C)(C)OC(=O)N1CCN(C(=O)C(c2cccc(Cl)c2)C(C)(C)O)CC1. The average molecular weight is 397 g/mol. The van der Waals surface area contributed by atoms with Crippen molar-refractivity contribution in [3.8, 4) is 0 Å². The van der Waals surface area contributed by atoms with E-state index in [9.17, 15) is 14.7 Å². The lowest BCUT2D eigenvalue weighted by atomic mass is 9.83. The molecule has 6 nitrogen and oxygen atoms in total. The Labute approximate surface area is 166 Å². The highest BCUT2D eigenvalue weighted by atomic mass is 35.5. The molecule has 0 aliphatic carbocycles. The smallest absolute Gasteiger partial charge is 0.410 e. The van der Waals surface area contributed by atoms with Gasteiger partial charge in [0, 0.05) is 31.2 Å². The fraction of sp³-hybridized carbons (Fsp3) is 0.600.